The van der Waals surface area contributed by atoms with Crippen LogP contribution in [0.25, 0.3) is 0 Å². The third-order valence-corrected chi connectivity index (χ3v) is 2.52. The molecule has 3 nitrogen and oxygen atoms in total. The minimum absolute atomic E-state index is 0.289. The summed E-state index contributed by atoms with van der Waals surface area (Å²) in [6, 6.07) is 0. The van der Waals surface area contributed by atoms with Gasteiger partial charge >= 0.3 is 0 Å². The van der Waals surface area contributed by atoms with E-state index >= 15 is 0 Å². The van der Waals surface area contributed by atoms with E-state index in [9.17, 15) is 5.11 Å². The molecule has 0 radical (unpaired) electrons. The standard InChI is InChI=1S/C10H20O3/c1-3-5-9(11)8-10(4-2)12-6-7-13-10/h9,11H,3-8H2,1-2H3. The molecular weight excluding hydrogens is 168 g/mol. The van der Waals surface area contributed by atoms with Crippen molar-refractivity contribution in [2.24, 2.45) is 0 Å². The van der Waals surface area contributed by atoms with Gasteiger partial charge in [0.25, 0.3) is 0 Å². The number of ether oxygens (including phenoxy) is 2. The number of aliphatic hydroxyl groups excluding tert-OH is 1. The molecule has 3 heteroatoms. The Morgan fingerprint density at radius 2 is 1.92 bits per heavy atom. The minimum atomic E-state index is -0.491. The average Bonchev–Trinajstić information content (AvgIpc) is 2.54. The van der Waals surface area contributed by atoms with Crippen LogP contribution in [-0.2, 0) is 9.47 Å². The summed E-state index contributed by atoms with van der Waals surface area (Å²) in [7, 11) is 0. The summed E-state index contributed by atoms with van der Waals surface area (Å²) in [6.07, 6.45) is 2.96. The van der Waals surface area contributed by atoms with E-state index in [0.29, 0.717) is 19.6 Å². The van der Waals surface area contributed by atoms with Gasteiger partial charge in [-0.2, -0.15) is 0 Å². The van der Waals surface area contributed by atoms with Crippen LogP contribution in [0.4, 0.5) is 0 Å². The van der Waals surface area contributed by atoms with Crippen LogP contribution in [0.3, 0.4) is 0 Å². The van der Waals surface area contributed by atoms with Crippen molar-refractivity contribution in [3.8, 4) is 0 Å². The zero-order valence-electron chi connectivity index (χ0n) is 8.58. The van der Waals surface area contributed by atoms with Gasteiger partial charge in [0.1, 0.15) is 0 Å². The van der Waals surface area contributed by atoms with Crippen LogP contribution in [0, 0.1) is 0 Å². The third kappa shape index (κ3) is 2.93. The Kier molecular flexibility index (Phi) is 4.16. The van der Waals surface area contributed by atoms with Crippen molar-refractivity contribution < 1.29 is 14.6 Å². The smallest absolute Gasteiger partial charge is 0.170 e. The second-order valence-electron chi connectivity index (χ2n) is 3.61. The zero-order chi connectivity index (χ0) is 9.73. The molecule has 13 heavy (non-hydrogen) atoms. The molecule has 1 N–H and O–H groups in total. The Balaban J connectivity index is 2.38. The van der Waals surface area contributed by atoms with Gasteiger partial charge in [0, 0.05) is 6.42 Å². The van der Waals surface area contributed by atoms with Crippen molar-refractivity contribution in [2.45, 2.75) is 51.4 Å². The molecule has 1 fully saturated rings. The van der Waals surface area contributed by atoms with Crippen molar-refractivity contribution >= 4 is 0 Å². The van der Waals surface area contributed by atoms with Crippen molar-refractivity contribution in [3.63, 3.8) is 0 Å². The third-order valence-electron chi connectivity index (χ3n) is 2.52. The van der Waals surface area contributed by atoms with Gasteiger partial charge in [-0.25, -0.2) is 0 Å². The highest BCUT2D eigenvalue weighted by Gasteiger charge is 2.36. The first kappa shape index (κ1) is 11.0. The summed E-state index contributed by atoms with van der Waals surface area (Å²) < 4.78 is 11.0. The molecule has 1 heterocycles. The van der Waals surface area contributed by atoms with Crippen LogP contribution in [-0.4, -0.2) is 30.2 Å². The van der Waals surface area contributed by atoms with Crippen LogP contribution in [0.2, 0.25) is 0 Å². The van der Waals surface area contributed by atoms with E-state index in [1.54, 1.807) is 0 Å². The predicted octanol–water partition coefficient (Wildman–Crippen LogP) is 1.69. The monoisotopic (exact) mass is 188 g/mol. The first-order chi connectivity index (χ1) is 6.22. The van der Waals surface area contributed by atoms with Crippen molar-refractivity contribution in [2.75, 3.05) is 13.2 Å². The van der Waals surface area contributed by atoms with E-state index in [1.165, 1.54) is 0 Å². The lowest BCUT2D eigenvalue weighted by molar-refractivity contribution is -0.179. The Morgan fingerprint density at radius 1 is 1.31 bits per heavy atom. The highest BCUT2D eigenvalue weighted by Crippen LogP contribution is 2.29. The summed E-state index contributed by atoms with van der Waals surface area (Å²) >= 11 is 0. The second-order valence-corrected chi connectivity index (χ2v) is 3.61. The van der Waals surface area contributed by atoms with E-state index in [2.05, 4.69) is 6.92 Å². The molecule has 0 aliphatic carbocycles. The van der Waals surface area contributed by atoms with Gasteiger partial charge in [0.05, 0.1) is 19.3 Å². The molecule has 1 aliphatic heterocycles. The molecule has 1 saturated heterocycles. The molecule has 0 aromatic carbocycles. The fraction of sp³-hybridized carbons (Fsp3) is 1.00. The molecule has 0 bridgehead atoms. The summed E-state index contributed by atoms with van der Waals surface area (Å²) in [6.45, 7) is 5.42. The fourth-order valence-electron chi connectivity index (χ4n) is 1.76. The fourth-order valence-corrected chi connectivity index (χ4v) is 1.76. The van der Waals surface area contributed by atoms with Gasteiger partial charge in [0.2, 0.25) is 0 Å². The molecule has 0 amide bonds. The van der Waals surface area contributed by atoms with Crippen LogP contribution >= 0.6 is 0 Å². The Labute approximate surface area is 80.0 Å². The molecule has 1 rings (SSSR count). The van der Waals surface area contributed by atoms with E-state index in [0.717, 1.165) is 19.3 Å². The molecular formula is C10H20O3. The quantitative estimate of drug-likeness (QED) is 0.713. The first-order valence-corrected chi connectivity index (χ1v) is 5.18. The number of hydrogen-bond acceptors (Lipinski definition) is 3. The normalized spacial score (nSPS) is 23.3. The van der Waals surface area contributed by atoms with Crippen molar-refractivity contribution in [3.05, 3.63) is 0 Å². The molecule has 0 aromatic rings. The average molecular weight is 188 g/mol. The number of rotatable bonds is 5. The molecule has 1 unspecified atom stereocenters. The van der Waals surface area contributed by atoms with Crippen LogP contribution in [0.1, 0.15) is 39.5 Å². The summed E-state index contributed by atoms with van der Waals surface area (Å²) in [5, 5.41) is 9.65. The van der Waals surface area contributed by atoms with Gasteiger partial charge in [0.15, 0.2) is 5.79 Å². The Hall–Kier alpha value is -0.120. The van der Waals surface area contributed by atoms with Crippen molar-refractivity contribution in [1.29, 1.82) is 0 Å². The van der Waals surface area contributed by atoms with Crippen molar-refractivity contribution in [1.82, 2.24) is 0 Å². The number of hydrogen-bond donors (Lipinski definition) is 1. The van der Waals surface area contributed by atoms with Gasteiger partial charge in [-0.3, -0.25) is 0 Å². The van der Waals surface area contributed by atoms with E-state index < -0.39 is 5.79 Å². The summed E-state index contributed by atoms with van der Waals surface area (Å²) in [5.74, 6) is -0.491. The van der Waals surface area contributed by atoms with E-state index in [1.807, 2.05) is 6.92 Å². The van der Waals surface area contributed by atoms with Gasteiger partial charge in [-0.05, 0) is 12.8 Å². The predicted molar refractivity (Wildman–Crippen MR) is 50.5 cm³/mol. The highest BCUT2D eigenvalue weighted by atomic mass is 16.7. The number of aliphatic hydroxyl groups is 1. The van der Waals surface area contributed by atoms with Crippen LogP contribution in [0.5, 0.6) is 0 Å². The minimum Gasteiger partial charge on any atom is -0.393 e. The Bertz CT molecular complexity index is 141. The van der Waals surface area contributed by atoms with Crippen LogP contribution < -0.4 is 0 Å². The molecule has 0 aromatic heterocycles. The maximum atomic E-state index is 9.65. The molecule has 1 atom stereocenters. The molecule has 0 saturated carbocycles. The second kappa shape index (κ2) is 4.94. The lowest BCUT2D eigenvalue weighted by Crippen LogP contribution is -2.33. The van der Waals surface area contributed by atoms with E-state index in [4.69, 9.17) is 9.47 Å². The maximum Gasteiger partial charge on any atom is 0.170 e. The molecule has 1 aliphatic rings. The van der Waals surface area contributed by atoms with Crippen LogP contribution in [0.15, 0.2) is 0 Å². The summed E-state index contributed by atoms with van der Waals surface area (Å²) in [4.78, 5) is 0. The SMILES string of the molecule is CCCC(O)CC1(CC)OCCO1. The first-order valence-electron chi connectivity index (χ1n) is 5.18. The largest absolute Gasteiger partial charge is 0.393 e. The summed E-state index contributed by atoms with van der Waals surface area (Å²) in [5.41, 5.74) is 0. The zero-order valence-corrected chi connectivity index (χ0v) is 8.58. The highest BCUT2D eigenvalue weighted by molar-refractivity contribution is 4.76. The van der Waals surface area contributed by atoms with Gasteiger partial charge in [-0.15, -0.1) is 0 Å². The van der Waals surface area contributed by atoms with E-state index in [-0.39, 0.29) is 6.10 Å². The van der Waals surface area contributed by atoms with Gasteiger partial charge < -0.3 is 14.6 Å². The maximum absolute atomic E-state index is 9.65. The molecule has 0 spiro atoms. The molecule has 78 valence electrons. The lowest BCUT2D eigenvalue weighted by atomic mass is 10.0. The topological polar surface area (TPSA) is 38.7 Å². The van der Waals surface area contributed by atoms with Gasteiger partial charge in [-0.1, -0.05) is 20.3 Å². The lowest BCUT2D eigenvalue weighted by Gasteiger charge is -2.28. The Morgan fingerprint density at radius 3 is 2.38 bits per heavy atom.